The van der Waals surface area contributed by atoms with Crippen LogP contribution in [0, 0.1) is 20.8 Å². The molecule has 0 unspecified atom stereocenters. The average molecular weight is 472 g/mol. The lowest BCUT2D eigenvalue weighted by molar-refractivity contribution is -0.120. The fraction of sp³-hybridized carbons (Fsp3) is 0.321. The normalized spacial score (nSPS) is 14.1. The maximum absolute atomic E-state index is 13.8. The van der Waals surface area contributed by atoms with E-state index in [1.165, 1.54) is 11.3 Å². The quantitative estimate of drug-likeness (QED) is 0.384. The van der Waals surface area contributed by atoms with E-state index in [0.29, 0.717) is 4.88 Å². The number of nitrogens with one attached hydrogen (secondary N) is 1. The van der Waals surface area contributed by atoms with Gasteiger partial charge in [-0.3, -0.25) is 14.5 Å². The van der Waals surface area contributed by atoms with Crippen LogP contribution in [0.2, 0.25) is 0 Å². The highest BCUT2D eigenvalue weighted by Gasteiger charge is 2.25. The van der Waals surface area contributed by atoms with Crippen molar-refractivity contribution in [1.82, 2.24) is 10.3 Å². The largest absolute Gasteiger partial charge is 0.352 e. The first-order valence-corrected chi connectivity index (χ1v) is 12.7. The minimum absolute atomic E-state index is 0.00106. The summed E-state index contributed by atoms with van der Waals surface area (Å²) in [7, 11) is 0. The number of benzene rings is 2. The number of carbonyl (C=O) groups is 2. The Morgan fingerprint density at radius 3 is 2.41 bits per heavy atom. The molecule has 4 aromatic rings. The predicted octanol–water partition coefficient (Wildman–Crippen LogP) is 6.08. The maximum atomic E-state index is 13.8. The number of nitrogens with zero attached hydrogens (tertiary/aromatic N) is 2. The summed E-state index contributed by atoms with van der Waals surface area (Å²) in [4.78, 5) is 34.5. The number of thiophene rings is 1. The molecule has 1 aliphatic rings. The van der Waals surface area contributed by atoms with E-state index >= 15 is 0 Å². The Hall–Kier alpha value is -3.25. The molecular formula is C28H29N3O2S. The minimum Gasteiger partial charge on any atom is -0.352 e. The smallest absolute Gasteiger partial charge is 0.268 e. The van der Waals surface area contributed by atoms with E-state index < -0.39 is 0 Å². The third kappa shape index (κ3) is 4.68. The van der Waals surface area contributed by atoms with Gasteiger partial charge in [-0.05, 0) is 80.6 Å². The van der Waals surface area contributed by atoms with Gasteiger partial charge >= 0.3 is 0 Å². The molecule has 2 aromatic carbocycles. The molecule has 5 nitrogen and oxygen atoms in total. The number of anilines is 1. The summed E-state index contributed by atoms with van der Waals surface area (Å²) >= 11 is 1.38. The molecule has 5 rings (SSSR count). The molecule has 34 heavy (non-hydrogen) atoms. The van der Waals surface area contributed by atoms with Crippen LogP contribution in [-0.4, -0.2) is 29.4 Å². The van der Waals surface area contributed by atoms with Gasteiger partial charge in [0.2, 0.25) is 5.91 Å². The van der Waals surface area contributed by atoms with E-state index in [1.54, 1.807) is 4.90 Å². The van der Waals surface area contributed by atoms with Crippen molar-refractivity contribution in [1.29, 1.82) is 0 Å². The van der Waals surface area contributed by atoms with Crippen molar-refractivity contribution in [2.24, 2.45) is 0 Å². The molecule has 2 amide bonds. The third-order valence-corrected chi connectivity index (χ3v) is 7.49. The van der Waals surface area contributed by atoms with E-state index in [0.717, 1.165) is 69.2 Å². The standard InChI is InChI=1S/C28H29N3O2S/c1-17-8-9-20-14-21-15-25(34-27(21)30-24(20)13-17)28(33)31(23-11-18(2)10-19(3)12-23)16-26(32)29-22-6-4-5-7-22/h8-15,22H,4-7,16H2,1-3H3,(H,29,32). The van der Waals surface area contributed by atoms with E-state index in [2.05, 4.69) is 35.6 Å². The Bertz CT molecular complexity index is 1380. The molecule has 0 aliphatic heterocycles. The summed E-state index contributed by atoms with van der Waals surface area (Å²) in [6, 6.07) is 16.4. The first kappa shape index (κ1) is 22.5. The Kier molecular flexibility index (Phi) is 6.09. The van der Waals surface area contributed by atoms with Crippen LogP contribution in [0.5, 0.6) is 0 Å². The van der Waals surface area contributed by atoms with E-state index in [-0.39, 0.29) is 24.4 Å². The van der Waals surface area contributed by atoms with Crippen molar-refractivity contribution in [3.05, 3.63) is 70.1 Å². The van der Waals surface area contributed by atoms with Crippen LogP contribution in [0.4, 0.5) is 5.69 Å². The van der Waals surface area contributed by atoms with E-state index in [9.17, 15) is 9.59 Å². The Morgan fingerprint density at radius 2 is 1.68 bits per heavy atom. The zero-order valence-corrected chi connectivity index (χ0v) is 20.7. The lowest BCUT2D eigenvalue weighted by Crippen LogP contribution is -2.43. The predicted molar refractivity (Wildman–Crippen MR) is 140 cm³/mol. The lowest BCUT2D eigenvalue weighted by atomic mass is 10.1. The van der Waals surface area contributed by atoms with Gasteiger partial charge in [-0.15, -0.1) is 11.3 Å². The highest BCUT2D eigenvalue weighted by Crippen LogP contribution is 2.30. The summed E-state index contributed by atoms with van der Waals surface area (Å²) in [6.07, 6.45) is 4.32. The number of fused-ring (bicyclic) bond motifs is 2. The van der Waals surface area contributed by atoms with Gasteiger partial charge in [0.25, 0.3) is 5.91 Å². The van der Waals surface area contributed by atoms with Crippen LogP contribution < -0.4 is 10.2 Å². The second-order valence-corrected chi connectivity index (χ2v) is 10.5. The fourth-order valence-corrected chi connectivity index (χ4v) is 5.82. The molecular weight excluding hydrogens is 442 g/mol. The fourth-order valence-electron chi connectivity index (χ4n) is 4.85. The lowest BCUT2D eigenvalue weighted by Gasteiger charge is -2.24. The number of aryl methyl sites for hydroxylation is 3. The molecule has 1 saturated carbocycles. The molecule has 0 spiro atoms. The van der Waals surface area contributed by atoms with Gasteiger partial charge in [0.1, 0.15) is 11.4 Å². The maximum Gasteiger partial charge on any atom is 0.268 e. The van der Waals surface area contributed by atoms with Crippen LogP contribution in [-0.2, 0) is 4.79 Å². The molecule has 0 bridgehead atoms. The van der Waals surface area contributed by atoms with Gasteiger partial charge in [-0.1, -0.05) is 31.0 Å². The van der Waals surface area contributed by atoms with Gasteiger partial charge in [0, 0.05) is 22.5 Å². The van der Waals surface area contributed by atoms with Gasteiger partial charge in [-0.25, -0.2) is 4.98 Å². The zero-order chi connectivity index (χ0) is 23.8. The second-order valence-electron chi connectivity index (χ2n) is 9.48. The molecule has 1 aliphatic carbocycles. The summed E-state index contributed by atoms with van der Waals surface area (Å²) in [5.41, 5.74) is 4.94. The van der Waals surface area contributed by atoms with Gasteiger partial charge < -0.3 is 5.32 Å². The molecule has 0 radical (unpaired) electrons. The second kappa shape index (κ2) is 9.18. The van der Waals surface area contributed by atoms with Crippen molar-refractivity contribution in [3.8, 4) is 0 Å². The van der Waals surface area contributed by atoms with Crippen LogP contribution in [0.3, 0.4) is 0 Å². The van der Waals surface area contributed by atoms with Crippen molar-refractivity contribution in [3.63, 3.8) is 0 Å². The first-order chi connectivity index (χ1) is 16.4. The zero-order valence-electron chi connectivity index (χ0n) is 19.9. The molecule has 2 heterocycles. The Labute approximate surface area is 203 Å². The van der Waals surface area contributed by atoms with Crippen LogP contribution >= 0.6 is 11.3 Å². The van der Waals surface area contributed by atoms with Crippen LogP contribution in [0.15, 0.2) is 48.5 Å². The van der Waals surface area contributed by atoms with Crippen LogP contribution in [0.1, 0.15) is 52.0 Å². The van der Waals surface area contributed by atoms with E-state index in [1.807, 2.05) is 39.0 Å². The van der Waals surface area contributed by atoms with Gasteiger partial charge in [0.15, 0.2) is 0 Å². The summed E-state index contributed by atoms with van der Waals surface area (Å²) < 4.78 is 0. The monoisotopic (exact) mass is 471 g/mol. The van der Waals surface area contributed by atoms with Crippen molar-refractivity contribution in [2.45, 2.75) is 52.5 Å². The topological polar surface area (TPSA) is 62.3 Å². The summed E-state index contributed by atoms with van der Waals surface area (Å²) in [6.45, 7) is 6.07. The minimum atomic E-state index is -0.171. The first-order valence-electron chi connectivity index (χ1n) is 11.9. The Morgan fingerprint density at radius 1 is 0.941 bits per heavy atom. The molecule has 2 aromatic heterocycles. The van der Waals surface area contributed by atoms with Crippen molar-refractivity contribution >= 4 is 50.0 Å². The number of hydrogen-bond donors (Lipinski definition) is 1. The van der Waals surface area contributed by atoms with Gasteiger partial charge in [-0.2, -0.15) is 0 Å². The average Bonchev–Trinajstić information content (AvgIpc) is 3.44. The molecule has 6 heteroatoms. The number of aromatic nitrogens is 1. The van der Waals surface area contributed by atoms with Crippen molar-refractivity contribution in [2.75, 3.05) is 11.4 Å². The number of amides is 2. The third-order valence-electron chi connectivity index (χ3n) is 6.46. The number of carbonyl (C=O) groups excluding carboxylic acids is 2. The molecule has 0 saturated heterocycles. The van der Waals surface area contributed by atoms with E-state index in [4.69, 9.17) is 4.98 Å². The molecule has 174 valence electrons. The summed E-state index contributed by atoms with van der Waals surface area (Å²) in [5, 5.41) is 5.12. The molecule has 1 fully saturated rings. The molecule has 1 N–H and O–H groups in total. The summed E-state index contributed by atoms with van der Waals surface area (Å²) in [5.74, 6) is -0.283. The number of rotatable bonds is 5. The van der Waals surface area contributed by atoms with Gasteiger partial charge in [0.05, 0.1) is 10.4 Å². The number of pyridine rings is 1. The highest BCUT2D eigenvalue weighted by molar-refractivity contribution is 7.20. The van der Waals surface area contributed by atoms with Crippen molar-refractivity contribution < 1.29 is 9.59 Å². The highest BCUT2D eigenvalue weighted by atomic mass is 32.1. The SMILES string of the molecule is Cc1cc(C)cc(N(CC(=O)NC2CCCC2)C(=O)c2cc3cc4ccc(C)cc4nc3s2)c1. The number of hydrogen-bond acceptors (Lipinski definition) is 4. The Balaban J connectivity index is 1.50. The van der Waals surface area contributed by atoms with Crippen LogP contribution in [0.25, 0.3) is 21.1 Å². The molecule has 0 atom stereocenters.